The molecule has 0 saturated heterocycles. The van der Waals surface area contributed by atoms with Gasteiger partial charge in [-0.25, -0.2) is 19.9 Å². The van der Waals surface area contributed by atoms with Gasteiger partial charge < -0.3 is 15.0 Å². The number of hydrogen-bond acceptors (Lipinski definition) is 7. The molecule has 8 heteroatoms. The van der Waals surface area contributed by atoms with Crippen molar-refractivity contribution in [2.75, 3.05) is 18.1 Å². The molecular weight excluding hydrogens is 360 g/mol. The van der Waals surface area contributed by atoms with Gasteiger partial charge in [-0.1, -0.05) is 11.8 Å². The Bertz CT molecular complexity index is 896. The van der Waals surface area contributed by atoms with E-state index in [9.17, 15) is 0 Å². The molecule has 2 N–H and O–H groups in total. The summed E-state index contributed by atoms with van der Waals surface area (Å²) in [6.07, 6.45) is 5.65. The first-order chi connectivity index (χ1) is 13.1. The van der Waals surface area contributed by atoms with Crippen molar-refractivity contribution in [2.24, 2.45) is 0 Å². The lowest BCUT2D eigenvalue weighted by atomic mass is 10.2. The summed E-state index contributed by atoms with van der Waals surface area (Å²) >= 11 is 1.69. The molecule has 0 saturated carbocycles. The smallest absolute Gasteiger partial charge is 0.187 e. The number of thioether (sulfide) groups is 1. The first kappa shape index (κ1) is 19.6. The minimum atomic E-state index is 0.482. The summed E-state index contributed by atoms with van der Waals surface area (Å²) < 4.78 is 7.86. The van der Waals surface area contributed by atoms with E-state index in [-0.39, 0.29) is 0 Å². The van der Waals surface area contributed by atoms with Crippen molar-refractivity contribution in [3.63, 3.8) is 0 Å². The summed E-state index contributed by atoms with van der Waals surface area (Å²) in [5.41, 5.74) is 10.1. The molecule has 0 unspecified atom stereocenters. The zero-order chi connectivity index (χ0) is 19.2. The van der Waals surface area contributed by atoms with Crippen LogP contribution in [0.15, 0.2) is 23.6 Å². The fraction of sp³-hybridized carbons (Fsp3) is 0.474. The topological polar surface area (TPSA) is 91.7 Å². The van der Waals surface area contributed by atoms with Gasteiger partial charge in [0.05, 0.1) is 5.52 Å². The molecule has 0 fully saturated rings. The highest BCUT2D eigenvalue weighted by Gasteiger charge is 2.17. The molecule has 144 valence electrons. The Balaban J connectivity index is 1.73. The largest absolute Gasteiger partial charge is 0.382 e. The summed E-state index contributed by atoms with van der Waals surface area (Å²) in [6, 6.07) is 1.83. The van der Waals surface area contributed by atoms with Gasteiger partial charge in [0.2, 0.25) is 0 Å². The number of nitrogen functional groups attached to an aromatic ring is 1. The molecule has 0 atom stereocenters. The maximum Gasteiger partial charge on any atom is 0.187 e. The highest BCUT2D eigenvalue weighted by Crippen LogP contribution is 2.27. The number of nitrogens with zero attached hydrogens (tertiary/aromatic N) is 5. The predicted molar refractivity (Wildman–Crippen MR) is 109 cm³/mol. The van der Waals surface area contributed by atoms with Crippen LogP contribution in [0.25, 0.3) is 11.0 Å². The first-order valence-corrected chi connectivity index (χ1v) is 10.2. The maximum atomic E-state index is 6.13. The zero-order valence-corrected chi connectivity index (χ0v) is 16.9. The number of unbranched alkanes of at least 4 members (excludes halogenated alkanes) is 1. The third-order valence-corrected chi connectivity index (χ3v) is 5.42. The van der Waals surface area contributed by atoms with Gasteiger partial charge in [0.15, 0.2) is 11.0 Å². The Hall–Kier alpha value is -2.19. The predicted octanol–water partition coefficient (Wildman–Crippen LogP) is 3.53. The lowest BCUT2D eigenvalue weighted by Gasteiger charge is -2.12. The van der Waals surface area contributed by atoms with E-state index in [1.807, 2.05) is 19.9 Å². The molecule has 0 bridgehead atoms. The van der Waals surface area contributed by atoms with E-state index in [0.29, 0.717) is 19.0 Å². The molecule has 3 aromatic heterocycles. The summed E-state index contributed by atoms with van der Waals surface area (Å²) in [4.78, 5) is 17.6. The molecule has 0 radical (unpaired) electrons. The molecule has 0 aliphatic rings. The van der Waals surface area contributed by atoms with Crippen molar-refractivity contribution in [1.82, 2.24) is 24.5 Å². The van der Waals surface area contributed by atoms with Crippen LogP contribution in [0.1, 0.15) is 36.8 Å². The summed E-state index contributed by atoms with van der Waals surface area (Å²) in [5.74, 6) is 2.38. The van der Waals surface area contributed by atoms with Crippen LogP contribution in [-0.4, -0.2) is 36.9 Å². The molecular formula is C19H26N6OS. The highest BCUT2D eigenvalue weighted by atomic mass is 32.2. The Kier molecular flexibility index (Phi) is 6.63. The second-order valence-corrected chi connectivity index (χ2v) is 7.37. The van der Waals surface area contributed by atoms with E-state index < -0.39 is 0 Å². The van der Waals surface area contributed by atoms with E-state index in [1.54, 1.807) is 24.2 Å². The van der Waals surface area contributed by atoms with Crippen LogP contribution < -0.4 is 5.73 Å². The monoisotopic (exact) mass is 386 g/mol. The normalized spacial score (nSPS) is 11.4. The minimum absolute atomic E-state index is 0.482. The quantitative estimate of drug-likeness (QED) is 0.342. The number of aryl methyl sites for hydroxylation is 3. The molecule has 27 heavy (non-hydrogen) atoms. The maximum absolute atomic E-state index is 6.13. The number of nitrogens with two attached hydrogens (primary N) is 1. The number of imidazole rings is 1. The fourth-order valence-electron chi connectivity index (χ4n) is 2.99. The number of hydrogen-bond donors (Lipinski definition) is 1. The minimum Gasteiger partial charge on any atom is -0.382 e. The van der Waals surface area contributed by atoms with Crippen LogP contribution in [0.2, 0.25) is 0 Å². The van der Waals surface area contributed by atoms with Crippen LogP contribution >= 0.6 is 11.8 Å². The van der Waals surface area contributed by atoms with Crippen LogP contribution in [0.5, 0.6) is 0 Å². The number of aromatic nitrogens is 5. The van der Waals surface area contributed by atoms with Gasteiger partial charge in [-0.15, -0.1) is 0 Å². The average Bonchev–Trinajstić information content (AvgIpc) is 3.04. The van der Waals surface area contributed by atoms with E-state index in [0.717, 1.165) is 58.4 Å². The molecule has 0 aliphatic carbocycles. The second-order valence-electron chi connectivity index (χ2n) is 6.31. The number of anilines is 1. The SMILES string of the molecule is CCOCc1nc2c(N)nc(C)c(C)c2n1CCCCSc1ncccn1. The molecule has 0 aliphatic heterocycles. The Labute approximate surface area is 163 Å². The Morgan fingerprint density at radius 2 is 1.93 bits per heavy atom. The Morgan fingerprint density at radius 3 is 2.67 bits per heavy atom. The van der Waals surface area contributed by atoms with E-state index in [1.165, 1.54) is 0 Å². The van der Waals surface area contributed by atoms with Crippen molar-refractivity contribution >= 4 is 28.6 Å². The van der Waals surface area contributed by atoms with Crippen LogP contribution in [-0.2, 0) is 17.9 Å². The lowest BCUT2D eigenvalue weighted by molar-refractivity contribution is 0.126. The highest BCUT2D eigenvalue weighted by molar-refractivity contribution is 7.99. The third kappa shape index (κ3) is 4.56. The van der Waals surface area contributed by atoms with Gasteiger partial charge >= 0.3 is 0 Å². The van der Waals surface area contributed by atoms with Gasteiger partial charge in [-0.2, -0.15) is 0 Å². The van der Waals surface area contributed by atoms with Crippen molar-refractivity contribution in [3.05, 3.63) is 35.5 Å². The molecule has 3 aromatic rings. The standard InChI is InChI=1S/C19H26N6OS/c1-4-26-12-15-24-16-17(13(2)14(3)23-18(16)20)25(15)10-5-6-11-27-19-21-8-7-9-22-19/h7-9H,4-6,10-12H2,1-3H3,(H2,20,23). The average molecular weight is 387 g/mol. The number of rotatable bonds is 9. The number of fused-ring (bicyclic) bond motifs is 1. The van der Waals surface area contributed by atoms with Gasteiger partial charge in [-0.3, -0.25) is 0 Å². The second kappa shape index (κ2) is 9.14. The van der Waals surface area contributed by atoms with Gasteiger partial charge in [0.1, 0.15) is 17.9 Å². The summed E-state index contributed by atoms with van der Waals surface area (Å²) in [6.45, 7) is 8.06. The van der Waals surface area contributed by atoms with Crippen LogP contribution in [0, 0.1) is 13.8 Å². The van der Waals surface area contributed by atoms with Crippen LogP contribution in [0.4, 0.5) is 5.82 Å². The van der Waals surface area contributed by atoms with E-state index >= 15 is 0 Å². The molecule has 3 heterocycles. The zero-order valence-electron chi connectivity index (χ0n) is 16.1. The Morgan fingerprint density at radius 1 is 1.15 bits per heavy atom. The molecule has 0 aromatic carbocycles. The molecule has 0 spiro atoms. The van der Waals surface area contributed by atoms with Crippen molar-refractivity contribution < 1.29 is 4.74 Å². The van der Waals surface area contributed by atoms with E-state index in [4.69, 9.17) is 15.5 Å². The lowest BCUT2D eigenvalue weighted by Crippen LogP contribution is -2.08. The summed E-state index contributed by atoms with van der Waals surface area (Å²) in [7, 11) is 0. The van der Waals surface area contributed by atoms with Crippen molar-refractivity contribution in [2.45, 2.75) is 51.9 Å². The molecule has 0 amide bonds. The third-order valence-electron chi connectivity index (χ3n) is 4.46. The van der Waals surface area contributed by atoms with E-state index in [2.05, 4.69) is 26.4 Å². The van der Waals surface area contributed by atoms with Gasteiger partial charge in [-0.05, 0) is 45.2 Å². The van der Waals surface area contributed by atoms with Gasteiger partial charge in [0.25, 0.3) is 0 Å². The molecule has 7 nitrogen and oxygen atoms in total. The fourth-order valence-corrected chi connectivity index (χ4v) is 3.79. The number of pyridine rings is 1. The van der Waals surface area contributed by atoms with Gasteiger partial charge in [0, 0.05) is 37.0 Å². The van der Waals surface area contributed by atoms with Crippen molar-refractivity contribution in [3.8, 4) is 0 Å². The van der Waals surface area contributed by atoms with Crippen LogP contribution in [0.3, 0.4) is 0 Å². The molecule has 3 rings (SSSR count). The van der Waals surface area contributed by atoms with Crippen molar-refractivity contribution in [1.29, 1.82) is 0 Å². The first-order valence-electron chi connectivity index (χ1n) is 9.21. The summed E-state index contributed by atoms with van der Waals surface area (Å²) in [5, 5.41) is 0.827. The number of ether oxygens (including phenoxy) is 1.